The van der Waals surface area contributed by atoms with E-state index in [1.165, 1.54) is 18.4 Å². The molecule has 1 aromatic heterocycles. The van der Waals surface area contributed by atoms with Crippen LogP contribution in [-0.2, 0) is 0 Å². The zero-order valence-corrected chi connectivity index (χ0v) is 13.0. The van der Waals surface area contributed by atoms with Crippen LogP contribution < -0.4 is 10.6 Å². The third kappa shape index (κ3) is 3.11. The number of amides is 1. The number of carbonyl (C=O) groups is 1. The molecule has 0 radical (unpaired) electrons. The molecule has 114 valence electrons. The van der Waals surface area contributed by atoms with Crippen molar-refractivity contribution in [3.8, 4) is 11.3 Å². The zero-order chi connectivity index (χ0) is 15.5. The van der Waals surface area contributed by atoms with Crippen molar-refractivity contribution in [2.45, 2.75) is 19.8 Å². The minimum atomic E-state index is -0.109. The summed E-state index contributed by atoms with van der Waals surface area (Å²) < 4.78 is 0. The summed E-state index contributed by atoms with van der Waals surface area (Å²) in [5, 5.41) is 6.02. The number of anilines is 1. The Balaban J connectivity index is 1.96. The van der Waals surface area contributed by atoms with Crippen LogP contribution in [0.25, 0.3) is 11.3 Å². The first-order chi connectivity index (χ1) is 10.7. The first-order valence-electron chi connectivity index (χ1n) is 7.72. The van der Waals surface area contributed by atoms with Crippen molar-refractivity contribution in [2.24, 2.45) is 5.92 Å². The minimum Gasteiger partial charge on any atom is -0.369 e. The van der Waals surface area contributed by atoms with Gasteiger partial charge in [-0.2, -0.15) is 0 Å². The van der Waals surface area contributed by atoms with E-state index in [4.69, 9.17) is 4.98 Å². The van der Waals surface area contributed by atoms with Crippen molar-refractivity contribution in [3.05, 3.63) is 47.5 Å². The van der Waals surface area contributed by atoms with Crippen LogP contribution in [0.1, 0.15) is 28.8 Å². The quantitative estimate of drug-likeness (QED) is 0.890. The van der Waals surface area contributed by atoms with E-state index in [1.807, 2.05) is 24.3 Å². The number of nitrogens with zero attached hydrogens (tertiary/aromatic N) is 1. The molecule has 2 N–H and O–H groups in total. The Labute approximate surface area is 131 Å². The first kappa shape index (κ1) is 14.6. The Morgan fingerprint density at radius 3 is 2.68 bits per heavy atom. The second-order valence-corrected chi connectivity index (χ2v) is 5.81. The molecule has 0 atom stereocenters. The molecule has 0 aliphatic heterocycles. The van der Waals surface area contributed by atoms with Crippen LogP contribution in [-0.4, -0.2) is 24.5 Å². The van der Waals surface area contributed by atoms with Gasteiger partial charge in [-0.15, -0.1) is 0 Å². The summed E-state index contributed by atoms with van der Waals surface area (Å²) in [6.07, 6.45) is 2.53. The summed E-state index contributed by atoms with van der Waals surface area (Å²) in [4.78, 5) is 16.7. The monoisotopic (exact) mass is 295 g/mol. The van der Waals surface area contributed by atoms with E-state index >= 15 is 0 Å². The second-order valence-electron chi connectivity index (χ2n) is 5.81. The van der Waals surface area contributed by atoms with Crippen molar-refractivity contribution in [2.75, 3.05) is 18.9 Å². The van der Waals surface area contributed by atoms with Crippen molar-refractivity contribution >= 4 is 11.7 Å². The number of aromatic nitrogens is 1. The summed E-state index contributed by atoms with van der Waals surface area (Å²) in [6, 6.07) is 11.9. The normalized spacial score (nSPS) is 13.7. The molecule has 1 amide bonds. The van der Waals surface area contributed by atoms with Crippen molar-refractivity contribution in [1.29, 1.82) is 0 Å². The van der Waals surface area contributed by atoms with Gasteiger partial charge < -0.3 is 10.6 Å². The SMILES string of the molecule is CNC(=O)c1ccc(-c2ccccc2C)nc1NCC1CC1. The molecule has 1 heterocycles. The summed E-state index contributed by atoms with van der Waals surface area (Å²) in [5.74, 6) is 1.29. The van der Waals surface area contributed by atoms with Crippen LogP contribution >= 0.6 is 0 Å². The lowest BCUT2D eigenvalue weighted by Gasteiger charge is -2.13. The molecule has 1 aliphatic rings. The lowest BCUT2D eigenvalue weighted by atomic mass is 10.0. The molecule has 1 aromatic carbocycles. The Bertz CT molecular complexity index is 692. The molecule has 3 rings (SSSR count). The summed E-state index contributed by atoms with van der Waals surface area (Å²) in [7, 11) is 1.64. The molecular weight excluding hydrogens is 274 g/mol. The molecule has 2 aromatic rings. The third-order valence-electron chi connectivity index (χ3n) is 4.04. The highest BCUT2D eigenvalue weighted by atomic mass is 16.1. The first-order valence-corrected chi connectivity index (χ1v) is 7.72. The van der Waals surface area contributed by atoms with Gasteiger partial charge in [-0.3, -0.25) is 4.79 Å². The topological polar surface area (TPSA) is 54.0 Å². The van der Waals surface area contributed by atoms with Gasteiger partial charge in [0.05, 0.1) is 11.3 Å². The van der Waals surface area contributed by atoms with Crippen molar-refractivity contribution < 1.29 is 4.79 Å². The highest BCUT2D eigenvalue weighted by Gasteiger charge is 2.22. The Morgan fingerprint density at radius 1 is 1.23 bits per heavy atom. The number of rotatable bonds is 5. The number of hydrogen-bond donors (Lipinski definition) is 2. The molecule has 1 fully saturated rings. The van der Waals surface area contributed by atoms with E-state index < -0.39 is 0 Å². The van der Waals surface area contributed by atoms with Crippen molar-refractivity contribution in [3.63, 3.8) is 0 Å². The van der Waals surface area contributed by atoms with Crippen LogP contribution in [0.4, 0.5) is 5.82 Å². The molecular formula is C18H21N3O. The lowest BCUT2D eigenvalue weighted by molar-refractivity contribution is 0.0963. The average Bonchev–Trinajstić information content (AvgIpc) is 3.37. The fourth-order valence-electron chi connectivity index (χ4n) is 2.49. The van der Waals surface area contributed by atoms with Crippen LogP contribution in [0.5, 0.6) is 0 Å². The van der Waals surface area contributed by atoms with E-state index in [1.54, 1.807) is 7.05 Å². The van der Waals surface area contributed by atoms with E-state index in [-0.39, 0.29) is 5.91 Å². The standard InChI is InChI=1S/C18H21N3O/c1-12-5-3-4-6-14(12)16-10-9-15(18(22)19-2)17(21-16)20-11-13-7-8-13/h3-6,9-10,13H,7-8,11H2,1-2H3,(H,19,22)(H,20,21). The maximum Gasteiger partial charge on any atom is 0.254 e. The van der Waals surface area contributed by atoms with Gasteiger partial charge >= 0.3 is 0 Å². The fourth-order valence-corrected chi connectivity index (χ4v) is 2.49. The van der Waals surface area contributed by atoms with Gasteiger partial charge in [-0.1, -0.05) is 24.3 Å². The van der Waals surface area contributed by atoms with Gasteiger partial charge in [0.15, 0.2) is 0 Å². The molecule has 1 saturated carbocycles. The molecule has 4 heteroatoms. The van der Waals surface area contributed by atoms with E-state index in [2.05, 4.69) is 29.7 Å². The number of aryl methyl sites for hydroxylation is 1. The predicted molar refractivity (Wildman–Crippen MR) is 89.0 cm³/mol. The highest BCUT2D eigenvalue weighted by molar-refractivity contribution is 5.99. The predicted octanol–water partition coefficient (Wildman–Crippen LogP) is 3.24. The summed E-state index contributed by atoms with van der Waals surface area (Å²) >= 11 is 0. The van der Waals surface area contributed by atoms with Gasteiger partial charge in [0.2, 0.25) is 0 Å². The summed E-state index contributed by atoms with van der Waals surface area (Å²) in [6.45, 7) is 2.95. The molecule has 1 aliphatic carbocycles. The number of hydrogen-bond acceptors (Lipinski definition) is 3. The smallest absolute Gasteiger partial charge is 0.254 e. The van der Waals surface area contributed by atoms with Gasteiger partial charge in [0.25, 0.3) is 5.91 Å². The van der Waals surface area contributed by atoms with Gasteiger partial charge in [0, 0.05) is 19.2 Å². The minimum absolute atomic E-state index is 0.109. The maximum absolute atomic E-state index is 12.0. The largest absolute Gasteiger partial charge is 0.369 e. The number of benzene rings is 1. The maximum atomic E-state index is 12.0. The number of carbonyl (C=O) groups excluding carboxylic acids is 1. The Hall–Kier alpha value is -2.36. The van der Waals surface area contributed by atoms with E-state index in [0.717, 1.165) is 23.7 Å². The average molecular weight is 295 g/mol. The summed E-state index contributed by atoms with van der Waals surface area (Å²) in [5.41, 5.74) is 3.76. The van der Waals surface area contributed by atoms with Crippen LogP contribution in [0.3, 0.4) is 0 Å². The number of pyridine rings is 1. The third-order valence-corrected chi connectivity index (χ3v) is 4.04. The van der Waals surface area contributed by atoms with Gasteiger partial charge in [-0.05, 0) is 43.4 Å². The fraction of sp³-hybridized carbons (Fsp3) is 0.333. The van der Waals surface area contributed by atoms with Gasteiger partial charge in [-0.25, -0.2) is 4.98 Å². The van der Waals surface area contributed by atoms with Crippen LogP contribution in [0, 0.1) is 12.8 Å². The molecule has 0 bridgehead atoms. The van der Waals surface area contributed by atoms with Gasteiger partial charge in [0.1, 0.15) is 5.82 Å². The van der Waals surface area contributed by atoms with E-state index in [9.17, 15) is 4.79 Å². The molecule has 0 unspecified atom stereocenters. The molecule has 4 nitrogen and oxygen atoms in total. The highest BCUT2D eigenvalue weighted by Crippen LogP contribution is 2.30. The Morgan fingerprint density at radius 2 is 2.00 bits per heavy atom. The van der Waals surface area contributed by atoms with E-state index in [0.29, 0.717) is 11.4 Å². The molecule has 22 heavy (non-hydrogen) atoms. The molecule has 0 spiro atoms. The van der Waals surface area contributed by atoms with Crippen LogP contribution in [0.15, 0.2) is 36.4 Å². The zero-order valence-electron chi connectivity index (χ0n) is 13.0. The number of nitrogens with one attached hydrogen (secondary N) is 2. The lowest BCUT2D eigenvalue weighted by Crippen LogP contribution is -2.21. The second kappa shape index (κ2) is 6.18. The Kier molecular flexibility index (Phi) is 4.09. The van der Waals surface area contributed by atoms with Crippen molar-refractivity contribution in [1.82, 2.24) is 10.3 Å². The van der Waals surface area contributed by atoms with Crippen LogP contribution in [0.2, 0.25) is 0 Å². The molecule has 0 saturated heterocycles.